The molecule has 0 aliphatic rings. The van der Waals surface area contributed by atoms with E-state index in [9.17, 15) is 4.79 Å². The molecule has 5 heteroatoms. The Morgan fingerprint density at radius 2 is 2.15 bits per heavy atom. The van der Waals surface area contributed by atoms with Gasteiger partial charge in [-0.3, -0.25) is 4.79 Å². The summed E-state index contributed by atoms with van der Waals surface area (Å²) in [4.78, 5) is 14.1. The van der Waals surface area contributed by atoms with Gasteiger partial charge in [-0.2, -0.15) is 0 Å². The largest absolute Gasteiger partial charge is 0.399 e. The number of hydrogen-bond donors (Lipinski definition) is 3. The predicted octanol–water partition coefficient (Wildman–Crippen LogP) is 1.47. The van der Waals surface area contributed by atoms with Gasteiger partial charge in [-0.05, 0) is 37.0 Å². The summed E-state index contributed by atoms with van der Waals surface area (Å²) in [6.45, 7) is 2.78. The summed E-state index contributed by atoms with van der Waals surface area (Å²) in [5, 5.41) is 11.8. The van der Waals surface area contributed by atoms with Crippen LogP contribution in [0.15, 0.2) is 18.2 Å². The van der Waals surface area contributed by atoms with E-state index in [0.717, 1.165) is 18.5 Å². The van der Waals surface area contributed by atoms with Crippen LogP contribution in [0.25, 0.3) is 0 Å². The van der Waals surface area contributed by atoms with E-state index >= 15 is 0 Å². The maximum Gasteiger partial charge on any atom is 0.253 e. The van der Waals surface area contributed by atoms with Crippen LogP contribution in [0.2, 0.25) is 0 Å². The van der Waals surface area contributed by atoms with E-state index in [0.29, 0.717) is 17.8 Å². The third-order valence-electron chi connectivity index (χ3n) is 3.22. The molecule has 0 heterocycles. The zero-order valence-electron chi connectivity index (χ0n) is 12.5. The van der Waals surface area contributed by atoms with E-state index < -0.39 is 0 Å². The number of nitrogens with zero attached hydrogens (tertiary/aromatic N) is 1. The number of anilines is 2. The van der Waals surface area contributed by atoms with Gasteiger partial charge in [0.15, 0.2) is 0 Å². The van der Waals surface area contributed by atoms with Gasteiger partial charge in [-0.25, -0.2) is 0 Å². The molecule has 1 unspecified atom stereocenters. The highest BCUT2D eigenvalue weighted by atomic mass is 16.3. The number of hydrogen-bond acceptors (Lipinski definition) is 4. The van der Waals surface area contributed by atoms with Crippen LogP contribution in [0.3, 0.4) is 0 Å². The Hall–Kier alpha value is -1.75. The fraction of sp³-hybridized carbons (Fsp3) is 0.533. The Bertz CT molecular complexity index is 447. The molecule has 1 aromatic carbocycles. The number of nitrogen functional groups attached to an aromatic ring is 1. The van der Waals surface area contributed by atoms with Crippen molar-refractivity contribution in [1.29, 1.82) is 0 Å². The number of rotatable bonds is 7. The SMILES string of the molecule is CC(CO)CCCNC(=O)c1cc(N)ccc1N(C)C. The fourth-order valence-electron chi connectivity index (χ4n) is 1.96. The third-order valence-corrected chi connectivity index (χ3v) is 3.22. The Labute approximate surface area is 120 Å². The monoisotopic (exact) mass is 279 g/mol. The number of carbonyl (C=O) groups excluding carboxylic acids is 1. The summed E-state index contributed by atoms with van der Waals surface area (Å²) < 4.78 is 0. The highest BCUT2D eigenvalue weighted by Gasteiger charge is 2.13. The van der Waals surface area contributed by atoms with E-state index in [1.807, 2.05) is 32.0 Å². The molecule has 5 nitrogen and oxygen atoms in total. The second kappa shape index (κ2) is 7.75. The zero-order chi connectivity index (χ0) is 15.1. The van der Waals surface area contributed by atoms with Crippen LogP contribution >= 0.6 is 0 Å². The number of nitrogens with two attached hydrogens (primary N) is 1. The summed E-state index contributed by atoms with van der Waals surface area (Å²) in [6.07, 6.45) is 1.75. The first-order chi connectivity index (χ1) is 9.45. The van der Waals surface area contributed by atoms with E-state index in [1.165, 1.54) is 0 Å². The first-order valence-electron chi connectivity index (χ1n) is 6.91. The maximum atomic E-state index is 12.2. The van der Waals surface area contributed by atoms with Gasteiger partial charge in [0.2, 0.25) is 0 Å². The topological polar surface area (TPSA) is 78.6 Å². The summed E-state index contributed by atoms with van der Waals surface area (Å²) in [7, 11) is 3.79. The number of benzene rings is 1. The minimum Gasteiger partial charge on any atom is -0.399 e. The Morgan fingerprint density at radius 3 is 2.75 bits per heavy atom. The third kappa shape index (κ3) is 4.74. The molecule has 0 saturated carbocycles. The molecule has 0 fully saturated rings. The van der Waals surface area contributed by atoms with Crippen LogP contribution in [0.5, 0.6) is 0 Å². The molecule has 4 N–H and O–H groups in total. The summed E-state index contributed by atoms with van der Waals surface area (Å²) in [6, 6.07) is 5.33. The van der Waals surface area contributed by atoms with Crippen LogP contribution < -0.4 is 16.0 Å². The van der Waals surface area contributed by atoms with E-state index in [-0.39, 0.29) is 18.4 Å². The number of carbonyl (C=O) groups is 1. The van der Waals surface area contributed by atoms with Crippen LogP contribution in [0, 0.1) is 5.92 Å². The lowest BCUT2D eigenvalue weighted by Crippen LogP contribution is -2.27. The molecule has 0 spiro atoms. The van der Waals surface area contributed by atoms with E-state index in [2.05, 4.69) is 5.32 Å². The minimum absolute atomic E-state index is 0.113. The number of amides is 1. The highest BCUT2D eigenvalue weighted by Crippen LogP contribution is 2.21. The van der Waals surface area contributed by atoms with Gasteiger partial charge in [0, 0.05) is 38.6 Å². The average molecular weight is 279 g/mol. The molecule has 1 amide bonds. The molecule has 20 heavy (non-hydrogen) atoms. The summed E-state index contributed by atoms with van der Waals surface area (Å²) in [5.74, 6) is 0.161. The van der Waals surface area contributed by atoms with Crippen LogP contribution in [0.4, 0.5) is 11.4 Å². The zero-order valence-corrected chi connectivity index (χ0v) is 12.5. The van der Waals surface area contributed by atoms with Gasteiger partial charge >= 0.3 is 0 Å². The van der Waals surface area contributed by atoms with Crippen LogP contribution in [-0.2, 0) is 0 Å². The molecule has 0 aliphatic heterocycles. The van der Waals surface area contributed by atoms with Crippen molar-refractivity contribution < 1.29 is 9.90 Å². The molecule has 0 bridgehead atoms. The molecule has 0 radical (unpaired) electrons. The fourth-order valence-corrected chi connectivity index (χ4v) is 1.96. The second-order valence-electron chi connectivity index (χ2n) is 5.36. The standard InChI is InChI=1S/C15H25N3O2/c1-11(10-19)5-4-8-17-15(20)13-9-12(16)6-7-14(13)18(2)3/h6-7,9,11,19H,4-5,8,10,16H2,1-3H3,(H,17,20). The van der Waals surface area contributed by atoms with Crippen LogP contribution in [0.1, 0.15) is 30.1 Å². The predicted molar refractivity (Wildman–Crippen MR) is 83.0 cm³/mol. The molecular formula is C15H25N3O2. The van der Waals surface area contributed by atoms with Crippen molar-refractivity contribution in [2.45, 2.75) is 19.8 Å². The van der Waals surface area contributed by atoms with Gasteiger partial charge in [0.1, 0.15) is 0 Å². The van der Waals surface area contributed by atoms with Gasteiger partial charge in [-0.1, -0.05) is 6.92 Å². The van der Waals surface area contributed by atoms with Crippen molar-refractivity contribution >= 4 is 17.3 Å². The van der Waals surface area contributed by atoms with Gasteiger partial charge < -0.3 is 21.1 Å². The lowest BCUT2D eigenvalue weighted by Gasteiger charge is -2.17. The lowest BCUT2D eigenvalue weighted by molar-refractivity contribution is 0.0952. The molecule has 0 saturated heterocycles. The molecule has 0 aliphatic carbocycles. The molecule has 0 aromatic heterocycles. The molecular weight excluding hydrogens is 254 g/mol. The van der Waals surface area contributed by atoms with Crippen molar-refractivity contribution in [3.05, 3.63) is 23.8 Å². The number of aliphatic hydroxyl groups is 1. The Balaban J connectivity index is 2.61. The van der Waals surface area contributed by atoms with E-state index in [4.69, 9.17) is 10.8 Å². The van der Waals surface area contributed by atoms with Crippen molar-refractivity contribution in [1.82, 2.24) is 5.32 Å². The van der Waals surface area contributed by atoms with Gasteiger partial charge in [0.25, 0.3) is 5.91 Å². The summed E-state index contributed by atoms with van der Waals surface area (Å²) in [5.41, 5.74) is 7.77. The number of nitrogens with one attached hydrogen (secondary N) is 1. The average Bonchev–Trinajstić information content (AvgIpc) is 2.42. The quantitative estimate of drug-likeness (QED) is 0.522. The minimum atomic E-state index is -0.113. The molecule has 1 rings (SSSR count). The second-order valence-corrected chi connectivity index (χ2v) is 5.36. The first-order valence-corrected chi connectivity index (χ1v) is 6.91. The maximum absolute atomic E-state index is 12.2. The summed E-state index contributed by atoms with van der Waals surface area (Å²) >= 11 is 0. The van der Waals surface area contributed by atoms with E-state index in [1.54, 1.807) is 12.1 Å². The van der Waals surface area contributed by atoms with Crippen molar-refractivity contribution in [2.24, 2.45) is 5.92 Å². The highest BCUT2D eigenvalue weighted by molar-refractivity contribution is 6.00. The Kier molecular flexibility index (Phi) is 6.31. The van der Waals surface area contributed by atoms with Gasteiger partial charge in [0.05, 0.1) is 5.56 Å². The van der Waals surface area contributed by atoms with Gasteiger partial charge in [-0.15, -0.1) is 0 Å². The smallest absolute Gasteiger partial charge is 0.253 e. The van der Waals surface area contributed by atoms with Crippen molar-refractivity contribution in [2.75, 3.05) is 37.9 Å². The molecule has 1 aromatic rings. The number of aliphatic hydroxyl groups excluding tert-OH is 1. The molecule has 1 atom stereocenters. The van der Waals surface area contributed by atoms with Crippen LogP contribution in [-0.4, -0.2) is 38.3 Å². The van der Waals surface area contributed by atoms with Crippen molar-refractivity contribution in [3.8, 4) is 0 Å². The first kappa shape index (κ1) is 16.3. The molecule has 112 valence electrons. The lowest BCUT2D eigenvalue weighted by atomic mass is 10.1. The normalized spacial score (nSPS) is 12.0. The van der Waals surface area contributed by atoms with Crippen molar-refractivity contribution in [3.63, 3.8) is 0 Å². The Morgan fingerprint density at radius 1 is 1.45 bits per heavy atom.